The molecule has 0 saturated heterocycles. The molecule has 0 radical (unpaired) electrons. The van der Waals surface area contributed by atoms with E-state index in [-0.39, 0.29) is 7.25 Å². The van der Waals surface area contributed by atoms with Crippen molar-refractivity contribution in [3.05, 3.63) is 215 Å². The third-order valence-electron chi connectivity index (χ3n) is 18.0. The average Bonchev–Trinajstić information content (AvgIpc) is 3.97. The molecule has 0 fully saturated rings. The molecule has 320 valence electrons. The summed E-state index contributed by atoms with van der Waals surface area (Å²) in [4.78, 5) is 0. The number of hydrogen-bond acceptors (Lipinski definition) is 0. The van der Waals surface area contributed by atoms with Crippen LogP contribution in [-0.4, -0.2) is 6.88 Å². The molecular weight excluding hydrogens is 864 g/mol. The zero-order valence-corrected chi connectivity index (χ0v) is 42.4. The van der Waals surface area contributed by atoms with Crippen LogP contribution in [0.1, 0.15) is 95.7 Å². The van der Waals surface area contributed by atoms with E-state index in [0.29, 0.717) is 0 Å². The van der Waals surface area contributed by atoms with Gasteiger partial charge >= 0.3 is 381 Å². The second-order valence-corrected chi connectivity index (χ2v) is 62.8. The molecule has 2 aliphatic rings. The van der Waals surface area contributed by atoms with Gasteiger partial charge in [0.1, 0.15) is 0 Å². The summed E-state index contributed by atoms with van der Waals surface area (Å²) < 4.78 is 6.04. The standard InChI is InChI=1S/2C21H17.2C6H5.2C4H9.H2Si.Zr/c2*1-2-15-13-17-9-6-12-20(21(17)14-15)19-11-5-8-16-7-3-4-10-18(16)19;2*1-2-4-6-5-3-1;2*1-3-4-2;;/h2*3-14H,2H2,1H3;2*1-5H;2*1,3-4H2,2H3;1H2;. The van der Waals surface area contributed by atoms with Crippen LogP contribution in [0.15, 0.2) is 193 Å². The summed E-state index contributed by atoms with van der Waals surface area (Å²) in [5.74, 6) is 0. The van der Waals surface area contributed by atoms with Gasteiger partial charge in [0.05, 0.1) is 0 Å². The predicted molar refractivity (Wildman–Crippen MR) is 281 cm³/mol. The Labute approximate surface area is 378 Å². The minimum absolute atomic E-state index is 0.194. The Morgan fingerprint density at radius 3 is 1.16 bits per heavy atom. The first-order valence-electron chi connectivity index (χ1n) is 24.4. The first-order chi connectivity index (χ1) is 31.3. The van der Waals surface area contributed by atoms with Gasteiger partial charge in [0.2, 0.25) is 0 Å². The monoisotopic (exact) mass is 926 g/mol. The second kappa shape index (κ2) is 15.5. The molecule has 64 heavy (non-hydrogen) atoms. The van der Waals surface area contributed by atoms with Gasteiger partial charge in [-0.1, -0.05) is 0 Å². The van der Waals surface area contributed by atoms with Crippen molar-refractivity contribution < 1.29 is 14.4 Å². The SMILES string of the molecule is CCC[CH2][Zr](=[SiH2])([CH2]CCC)([c]1ccccc1)([c]1ccccc1)([CH]1C(CC)=Cc2c(-c3cccc4ccccc34)cccc21)[CH]1C(CC)=Cc2c(-c3cccc4ccccc34)cccc21. The molecule has 0 aromatic heterocycles. The Morgan fingerprint density at radius 2 is 0.750 bits per heavy atom. The molecule has 10 rings (SSSR count). The Morgan fingerprint density at radius 1 is 0.391 bits per heavy atom. The Bertz CT molecular complexity index is 3060. The topological polar surface area (TPSA) is 0 Å². The van der Waals surface area contributed by atoms with Crippen LogP contribution in [0.5, 0.6) is 0 Å². The molecule has 2 heteroatoms. The Balaban J connectivity index is 1.45. The third-order valence-corrected chi connectivity index (χ3v) is 68.5. The number of hydrogen-bond donors (Lipinski definition) is 0. The summed E-state index contributed by atoms with van der Waals surface area (Å²) in [6.07, 6.45) is 12.1. The van der Waals surface area contributed by atoms with Gasteiger partial charge in [-0.15, -0.1) is 0 Å². The van der Waals surface area contributed by atoms with E-state index in [0.717, 1.165) is 38.5 Å². The number of allylic oxidation sites excluding steroid dienone is 2. The molecule has 2 aliphatic carbocycles. The molecule has 0 spiro atoms. The average molecular weight is 929 g/mol. The van der Waals surface area contributed by atoms with Crippen LogP contribution in [0.2, 0.25) is 8.26 Å². The molecule has 0 heterocycles. The van der Waals surface area contributed by atoms with E-state index < -0.39 is 14.4 Å². The fourth-order valence-electron chi connectivity index (χ4n) is 15.5. The van der Waals surface area contributed by atoms with Gasteiger partial charge in [-0.25, -0.2) is 0 Å². The maximum absolute atomic E-state index is 6.47. The van der Waals surface area contributed by atoms with E-state index in [2.05, 4.69) is 229 Å². The van der Waals surface area contributed by atoms with Crippen LogP contribution in [0.4, 0.5) is 0 Å². The van der Waals surface area contributed by atoms with Gasteiger partial charge < -0.3 is 0 Å². The van der Waals surface area contributed by atoms with Crippen LogP contribution in [0.25, 0.3) is 56.0 Å². The van der Waals surface area contributed by atoms with E-state index in [9.17, 15) is 0 Å². The van der Waals surface area contributed by atoms with Crippen molar-refractivity contribution in [3.63, 3.8) is 0 Å². The van der Waals surface area contributed by atoms with Gasteiger partial charge in [-0.05, 0) is 0 Å². The summed E-state index contributed by atoms with van der Waals surface area (Å²) >= 11 is -6.47. The van der Waals surface area contributed by atoms with Crippen molar-refractivity contribution in [2.24, 2.45) is 0 Å². The fraction of sp³-hybridized carbons (Fsp3) is 0.226. The van der Waals surface area contributed by atoms with Crippen molar-refractivity contribution in [2.75, 3.05) is 0 Å². The predicted octanol–water partition coefficient (Wildman–Crippen LogP) is 16.1. The summed E-state index contributed by atoms with van der Waals surface area (Å²) in [6.45, 7) is 12.5. The third kappa shape index (κ3) is 5.42. The van der Waals surface area contributed by atoms with E-state index in [4.69, 9.17) is 0 Å². The van der Waals surface area contributed by atoms with Gasteiger partial charge in [0, 0.05) is 0 Å². The summed E-state index contributed by atoms with van der Waals surface area (Å²) in [6, 6.07) is 71.5. The molecular formula is C62H64SiZr. The van der Waals surface area contributed by atoms with Crippen LogP contribution in [0.3, 0.4) is 0 Å². The first kappa shape index (κ1) is 42.8. The van der Waals surface area contributed by atoms with Crippen molar-refractivity contribution in [3.8, 4) is 22.3 Å². The van der Waals surface area contributed by atoms with E-state index in [1.54, 1.807) is 28.8 Å². The summed E-state index contributed by atoms with van der Waals surface area (Å²) in [5, 5.41) is 5.23. The van der Waals surface area contributed by atoms with Crippen LogP contribution in [0, 0.1) is 0 Å². The van der Waals surface area contributed by atoms with Gasteiger partial charge in [0.15, 0.2) is 0 Å². The van der Waals surface area contributed by atoms with Crippen molar-refractivity contribution in [1.82, 2.24) is 0 Å². The molecule has 8 aromatic rings. The van der Waals surface area contributed by atoms with Crippen LogP contribution >= 0.6 is 0 Å². The van der Waals surface area contributed by atoms with Gasteiger partial charge in [0.25, 0.3) is 0 Å². The molecule has 0 bridgehead atoms. The van der Waals surface area contributed by atoms with E-state index in [1.165, 1.54) is 63.2 Å². The van der Waals surface area contributed by atoms with Crippen LogP contribution < -0.4 is 6.54 Å². The molecule has 8 aromatic carbocycles. The van der Waals surface area contributed by atoms with Gasteiger partial charge in [-0.2, -0.15) is 0 Å². The van der Waals surface area contributed by atoms with Crippen LogP contribution in [-0.2, 0) is 14.4 Å². The summed E-state index contributed by atoms with van der Waals surface area (Å²) in [7, 11) is 0. The molecule has 0 nitrogen and oxygen atoms in total. The molecule has 0 amide bonds. The van der Waals surface area contributed by atoms with Crippen molar-refractivity contribution in [2.45, 2.75) is 81.7 Å². The Hall–Kier alpha value is -5.14. The van der Waals surface area contributed by atoms with E-state index >= 15 is 0 Å². The van der Waals surface area contributed by atoms with Crippen molar-refractivity contribution in [1.29, 1.82) is 0 Å². The molecule has 0 N–H and O–H groups in total. The van der Waals surface area contributed by atoms with E-state index in [1.807, 2.05) is 0 Å². The van der Waals surface area contributed by atoms with Crippen molar-refractivity contribution >= 4 is 47.1 Å². The minimum atomic E-state index is -6.47. The number of rotatable bonds is 14. The molecule has 0 aliphatic heterocycles. The maximum atomic E-state index is 2.72. The number of unbranched alkanes of at least 4 members (excludes halogenated alkanes) is 2. The molecule has 2 atom stereocenters. The van der Waals surface area contributed by atoms with Gasteiger partial charge in [-0.3, -0.25) is 0 Å². The zero-order valence-electron chi connectivity index (χ0n) is 38.5. The molecule has 0 saturated carbocycles. The number of benzene rings is 8. The summed E-state index contributed by atoms with van der Waals surface area (Å²) in [5.41, 5.74) is 14.6. The quantitative estimate of drug-likeness (QED) is 0.0954. The molecule has 2 unspecified atom stereocenters. The first-order valence-corrected chi connectivity index (χ1v) is 39.1. The number of fused-ring (bicyclic) bond motifs is 4. The second-order valence-electron chi connectivity index (χ2n) is 20.5. The Kier molecular flexibility index (Phi) is 10.4. The fourth-order valence-corrected chi connectivity index (χ4v) is 68.3. The normalized spacial score (nSPS) is 17.5. The zero-order chi connectivity index (χ0) is 44.1.